The number of hydrogen-bond acceptors (Lipinski definition) is 6. The number of methoxy groups -OCH3 is 2. The topological polar surface area (TPSA) is 82.8 Å². The van der Waals surface area contributed by atoms with Crippen LogP contribution in [0.2, 0.25) is 0 Å². The third-order valence-corrected chi connectivity index (χ3v) is 3.28. The largest absolute Gasteiger partial charge is 0.497 e. The van der Waals surface area contributed by atoms with Crippen LogP contribution in [0.25, 0.3) is 0 Å². The quantitative estimate of drug-likeness (QED) is 0.622. The smallest absolute Gasteiger partial charge is 0.340 e. The third-order valence-electron chi connectivity index (χ3n) is 3.28. The summed E-state index contributed by atoms with van der Waals surface area (Å²) in [5.41, 5.74) is 7.88. The Morgan fingerprint density at radius 2 is 1.79 bits per heavy atom. The van der Waals surface area contributed by atoms with Gasteiger partial charge in [-0.1, -0.05) is 0 Å². The highest BCUT2D eigenvalue weighted by molar-refractivity contribution is 5.98. The number of carbonyl (C=O) groups is 1. The Kier molecular flexibility index (Phi) is 5.52. The average molecular weight is 330 g/mol. The first-order valence-electron chi connectivity index (χ1n) is 7.54. The molecule has 128 valence electrons. The van der Waals surface area contributed by atoms with E-state index in [0.717, 1.165) is 0 Å². The molecule has 0 atom stereocenters. The van der Waals surface area contributed by atoms with E-state index in [1.807, 2.05) is 0 Å². The van der Waals surface area contributed by atoms with Gasteiger partial charge in [-0.2, -0.15) is 0 Å². The van der Waals surface area contributed by atoms with Gasteiger partial charge in [0.1, 0.15) is 11.5 Å². The van der Waals surface area contributed by atoms with Crippen LogP contribution in [0, 0.1) is 0 Å². The highest BCUT2D eigenvalue weighted by atomic mass is 16.5. The maximum Gasteiger partial charge on any atom is 0.340 e. The van der Waals surface area contributed by atoms with Gasteiger partial charge in [-0.3, -0.25) is 0 Å². The molecule has 2 aromatic rings. The molecule has 24 heavy (non-hydrogen) atoms. The van der Waals surface area contributed by atoms with E-state index >= 15 is 0 Å². The van der Waals surface area contributed by atoms with Gasteiger partial charge in [0.25, 0.3) is 0 Å². The van der Waals surface area contributed by atoms with Crippen molar-refractivity contribution < 1.29 is 19.0 Å². The lowest BCUT2D eigenvalue weighted by Crippen LogP contribution is -2.13. The first kappa shape index (κ1) is 17.5. The minimum absolute atomic E-state index is 0.224. The summed E-state index contributed by atoms with van der Waals surface area (Å²) in [6.45, 7) is 3.59. The van der Waals surface area contributed by atoms with Gasteiger partial charge in [0.15, 0.2) is 0 Å². The van der Waals surface area contributed by atoms with Crippen LogP contribution in [0.4, 0.5) is 17.1 Å². The second kappa shape index (κ2) is 7.59. The molecule has 0 radical (unpaired) electrons. The zero-order valence-corrected chi connectivity index (χ0v) is 14.3. The normalized spacial score (nSPS) is 10.4. The van der Waals surface area contributed by atoms with Gasteiger partial charge in [0.2, 0.25) is 0 Å². The highest BCUT2D eigenvalue weighted by Gasteiger charge is 2.16. The average Bonchev–Trinajstić information content (AvgIpc) is 2.55. The molecule has 0 aliphatic heterocycles. The Balaban J connectivity index is 2.41. The fraction of sp³-hybridized carbons (Fsp3) is 0.278. The Bertz CT molecular complexity index is 729. The first-order chi connectivity index (χ1) is 11.4. The fourth-order valence-electron chi connectivity index (χ4n) is 2.17. The zero-order valence-electron chi connectivity index (χ0n) is 14.3. The number of nitrogen functional groups attached to an aromatic ring is 1. The first-order valence-corrected chi connectivity index (χ1v) is 7.54. The molecule has 6 nitrogen and oxygen atoms in total. The molecular weight excluding hydrogens is 308 g/mol. The number of rotatable bonds is 6. The number of ether oxygens (including phenoxy) is 3. The summed E-state index contributed by atoms with van der Waals surface area (Å²) >= 11 is 0. The second-order valence-corrected chi connectivity index (χ2v) is 5.45. The van der Waals surface area contributed by atoms with Crippen LogP contribution in [-0.4, -0.2) is 26.3 Å². The number of nitrogens with two attached hydrogens (primary N) is 1. The van der Waals surface area contributed by atoms with E-state index in [1.54, 1.807) is 64.5 Å². The molecule has 3 N–H and O–H groups in total. The van der Waals surface area contributed by atoms with Gasteiger partial charge in [-0.25, -0.2) is 4.79 Å². The van der Waals surface area contributed by atoms with Crippen molar-refractivity contribution in [2.24, 2.45) is 0 Å². The molecule has 0 unspecified atom stereocenters. The zero-order chi connectivity index (χ0) is 17.7. The molecule has 0 saturated carbocycles. The van der Waals surface area contributed by atoms with Crippen molar-refractivity contribution in [2.75, 3.05) is 25.3 Å². The lowest BCUT2D eigenvalue weighted by Gasteiger charge is -2.16. The SMILES string of the molecule is COc1ccc(OC)c(Nc2ccc(N)cc2C(=O)OC(C)C)c1. The molecule has 0 spiro atoms. The van der Waals surface area contributed by atoms with E-state index in [0.29, 0.717) is 34.1 Å². The van der Waals surface area contributed by atoms with Gasteiger partial charge in [0, 0.05) is 11.8 Å². The molecule has 0 aromatic heterocycles. The Hall–Kier alpha value is -2.89. The maximum atomic E-state index is 12.3. The predicted molar refractivity (Wildman–Crippen MR) is 94.2 cm³/mol. The van der Waals surface area contributed by atoms with Crippen LogP contribution in [0.15, 0.2) is 36.4 Å². The van der Waals surface area contributed by atoms with E-state index < -0.39 is 5.97 Å². The molecule has 2 rings (SSSR count). The number of anilines is 3. The molecule has 0 fully saturated rings. The number of nitrogens with one attached hydrogen (secondary N) is 1. The molecule has 0 aliphatic carbocycles. The standard InChI is InChI=1S/C18H22N2O4/c1-11(2)24-18(21)14-9-12(19)5-7-15(14)20-16-10-13(22-3)6-8-17(16)23-4/h5-11,20H,19H2,1-4H3. The van der Waals surface area contributed by atoms with Crippen molar-refractivity contribution in [3.8, 4) is 11.5 Å². The van der Waals surface area contributed by atoms with Crippen molar-refractivity contribution >= 4 is 23.0 Å². The van der Waals surface area contributed by atoms with E-state index in [1.165, 1.54) is 0 Å². The molecule has 0 amide bonds. The van der Waals surface area contributed by atoms with Crippen molar-refractivity contribution in [1.82, 2.24) is 0 Å². The number of benzene rings is 2. The summed E-state index contributed by atoms with van der Waals surface area (Å²) in [5, 5.41) is 3.19. The van der Waals surface area contributed by atoms with Crippen LogP contribution in [0.3, 0.4) is 0 Å². The minimum Gasteiger partial charge on any atom is -0.497 e. The highest BCUT2D eigenvalue weighted by Crippen LogP contribution is 2.33. The number of hydrogen-bond donors (Lipinski definition) is 2. The van der Waals surface area contributed by atoms with E-state index in [4.69, 9.17) is 19.9 Å². The lowest BCUT2D eigenvalue weighted by atomic mass is 10.1. The minimum atomic E-state index is -0.443. The third kappa shape index (κ3) is 4.10. The van der Waals surface area contributed by atoms with Crippen molar-refractivity contribution in [2.45, 2.75) is 20.0 Å². The van der Waals surface area contributed by atoms with Crippen LogP contribution in [0.1, 0.15) is 24.2 Å². The van der Waals surface area contributed by atoms with Crippen molar-refractivity contribution in [3.63, 3.8) is 0 Å². The van der Waals surface area contributed by atoms with Gasteiger partial charge in [-0.15, -0.1) is 0 Å². The van der Waals surface area contributed by atoms with Gasteiger partial charge >= 0.3 is 5.97 Å². The Labute approximate surface area is 141 Å². The van der Waals surface area contributed by atoms with Crippen LogP contribution in [-0.2, 0) is 4.74 Å². The van der Waals surface area contributed by atoms with Gasteiger partial charge in [-0.05, 0) is 44.2 Å². The summed E-state index contributed by atoms with van der Waals surface area (Å²) in [5.74, 6) is 0.845. The monoisotopic (exact) mass is 330 g/mol. The summed E-state index contributed by atoms with van der Waals surface area (Å²) in [6.07, 6.45) is -0.224. The molecule has 0 aliphatic rings. The van der Waals surface area contributed by atoms with Crippen molar-refractivity contribution in [3.05, 3.63) is 42.0 Å². The molecule has 2 aromatic carbocycles. The van der Waals surface area contributed by atoms with Crippen molar-refractivity contribution in [1.29, 1.82) is 0 Å². The number of esters is 1. The maximum absolute atomic E-state index is 12.3. The van der Waals surface area contributed by atoms with E-state index in [-0.39, 0.29) is 6.10 Å². The van der Waals surface area contributed by atoms with Crippen LogP contribution < -0.4 is 20.5 Å². The Morgan fingerprint density at radius 1 is 1.04 bits per heavy atom. The summed E-state index contributed by atoms with van der Waals surface area (Å²) in [7, 11) is 3.16. The van der Waals surface area contributed by atoms with E-state index in [2.05, 4.69) is 5.32 Å². The molecule has 6 heteroatoms. The summed E-state index contributed by atoms with van der Waals surface area (Å²) in [4.78, 5) is 12.3. The lowest BCUT2D eigenvalue weighted by molar-refractivity contribution is 0.0379. The molecule has 0 saturated heterocycles. The predicted octanol–water partition coefficient (Wildman–Crippen LogP) is 3.59. The molecule has 0 bridgehead atoms. The molecule has 0 heterocycles. The molecular formula is C18H22N2O4. The second-order valence-electron chi connectivity index (χ2n) is 5.45. The summed E-state index contributed by atoms with van der Waals surface area (Å²) < 4.78 is 15.9. The van der Waals surface area contributed by atoms with Crippen LogP contribution in [0.5, 0.6) is 11.5 Å². The van der Waals surface area contributed by atoms with E-state index in [9.17, 15) is 4.79 Å². The van der Waals surface area contributed by atoms with Gasteiger partial charge < -0.3 is 25.3 Å². The fourth-order valence-corrected chi connectivity index (χ4v) is 2.17. The number of carbonyl (C=O) groups excluding carboxylic acids is 1. The Morgan fingerprint density at radius 3 is 2.42 bits per heavy atom. The van der Waals surface area contributed by atoms with Gasteiger partial charge in [0.05, 0.1) is 37.3 Å². The summed E-state index contributed by atoms with van der Waals surface area (Å²) in [6, 6.07) is 10.4. The van der Waals surface area contributed by atoms with Crippen LogP contribution >= 0.6 is 0 Å².